The minimum Gasteiger partial charge on any atom is -0.314 e. The molecule has 1 saturated carbocycles. The second kappa shape index (κ2) is 7.49. The number of nitrogens with one attached hydrogen (secondary N) is 1. The maximum absolute atomic E-state index is 3.69. The van der Waals surface area contributed by atoms with E-state index in [4.69, 9.17) is 0 Å². The molecule has 2 rings (SSSR count). The van der Waals surface area contributed by atoms with Crippen molar-refractivity contribution in [2.24, 2.45) is 5.92 Å². The Balaban J connectivity index is 1.67. The first-order valence-electron chi connectivity index (χ1n) is 8.30. The third-order valence-electron chi connectivity index (χ3n) is 4.91. The van der Waals surface area contributed by atoms with E-state index in [1.54, 1.807) is 0 Å². The van der Waals surface area contributed by atoms with Crippen molar-refractivity contribution in [2.75, 3.05) is 19.6 Å². The molecular weight excluding hydrogens is 220 g/mol. The van der Waals surface area contributed by atoms with E-state index in [0.717, 1.165) is 18.0 Å². The van der Waals surface area contributed by atoms with Crippen LogP contribution in [-0.2, 0) is 0 Å². The van der Waals surface area contributed by atoms with Gasteiger partial charge in [0.2, 0.25) is 0 Å². The van der Waals surface area contributed by atoms with E-state index in [2.05, 4.69) is 24.1 Å². The van der Waals surface area contributed by atoms with Crippen molar-refractivity contribution >= 4 is 0 Å². The predicted octanol–water partition coefficient (Wildman–Crippen LogP) is 3.42. The highest BCUT2D eigenvalue weighted by Gasteiger charge is 2.30. The van der Waals surface area contributed by atoms with Crippen molar-refractivity contribution in [3.05, 3.63) is 0 Å². The Hall–Kier alpha value is -0.0800. The fourth-order valence-corrected chi connectivity index (χ4v) is 3.83. The molecule has 2 aliphatic rings. The van der Waals surface area contributed by atoms with Crippen LogP contribution >= 0.6 is 0 Å². The van der Waals surface area contributed by atoms with E-state index in [1.165, 1.54) is 71.0 Å². The maximum Gasteiger partial charge on any atom is 0.00965 e. The molecule has 0 bridgehead atoms. The molecule has 1 N–H and O–H groups in total. The molecular formula is C16H32N2. The van der Waals surface area contributed by atoms with Crippen LogP contribution in [0.1, 0.15) is 65.2 Å². The lowest BCUT2D eigenvalue weighted by atomic mass is 9.90. The highest BCUT2D eigenvalue weighted by Crippen LogP contribution is 2.29. The van der Waals surface area contributed by atoms with Crippen molar-refractivity contribution in [1.29, 1.82) is 0 Å². The van der Waals surface area contributed by atoms with Crippen molar-refractivity contribution in [3.8, 4) is 0 Å². The summed E-state index contributed by atoms with van der Waals surface area (Å²) in [6.45, 7) is 8.57. The summed E-state index contributed by atoms with van der Waals surface area (Å²) in [6.07, 6.45) is 11.2. The second-order valence-electron chi connectivity index (χ2n) is 6.40. The summed E-state index contributed by atoms with van der Waals surface area (Å²) >= 11 is 0. The van der Waals surface area contributed by atoms with Crippen molar-refractivity contribution in [2.45, 2.75) is 77.3 Å². The Morgan fingerprint density at radius 1 is 1.00 bits per heavy atom. The zero-order chi connectivity index (χ0) is 12.8. The van der Waals surface area contributed by atoms with Crippen molar-refractivity contribution < 1.29 is 0 Å². The van der Waals surface area contributed by atoms with Crippen LogP contribution in [0.2, 0.25) is 0 Å². The topological polar surface area (TPSA) is 15.3 Å². The molecule has 106 valence electrons. The molecule has 2 heteroatoms. The van der Waals surface area contributed by atoms with Crippen molar-refractivity contribution in [1.82, 2.24) is 10.2 Å². The van der Waals surface area contributed by atoms with E-state index in [9.17, 15) is 0 Å². The molecule has 18 heavy (non-hydrogen) atoms. The highest BCUT2D eigenvalue weighted by molar-refractivity contribution is 4.86. The Morgan fingerprint density at radius 3 is 2.44 bits per heavy atom. The molecule has 1 heterocycles. The zero-order valence-corrected chi connectivity index (χ0v) is 12.5. The lowest BCUT2D eigenvalue weighted by Crippen LogP contribution is -2.41. The van der Waals surface area contributed by atoms with Crippen LogP contribution in [0.15, 0.2) is 0 Å². The fourth-order valence-electron chi connectivity index (χ4n) is 3.83. The summed E-state index contributed by atoms with van der Waals surface area (Å²) in [5.41, 5.74) is 0. The van der Waals surface area contributed by atoms with E-state index < -0.39 is 0 Å². The Bertz CT molecular complexity index is 221. The van der Waals surface area contributed by atoms with Crippen LogP contribution in [0.5, 0.6) is 0 Å². The van der Waals surface area contributed by atoms with E-state index in [0.29, 0.717) is 0 Å². The molecule has 1 unspecified atom stereocenters. The zero-order valence-electron chi connectivity index (χ0n) is 12.5. The summed E-state index contributed by atoms with van der Waals surface area (Å²) in [7, 11) is 0. The largest absolute Gasteiger partial charge is 0.314 e. The minimum atomic E-state index is 0.815. The molecule has 0 amide bonds. The fraction of sp³-hybridized carbons (Fsp3) is 1.00. The van der Waals surface area contributed by atoms with E-state index in [-0.39, 0.29) is 0 Å². The molecule has 2 fully saturated rings. The lowest BCUT2D eigenvalue weighted by molar-refractivity contribution is 0.168. The molecule has 2 nitrogen and oxygen atoms in total. The molecule has 0 spiro atoms. The van der Waals surface area contributed by atoms with Gasteiger partial charge in [0, 0.05) is 18.6 Å². The number of rotatable bonds is 6. The summed E-state index contributed by atoms with van der Waals surface area (Å²) in [5.74, 6) is 1.01. The normalized spacial score (nSPS) is 34.0. The van der Waals surface area contributed by atoms with Gasteiger partial charge in [0.15, 0.2) is 0 Å². The third kappa shape index (κ3) is 3.96. The van der Waals surface area contributed by atoms with Gasteiger partial charge in [0.25, 0.3) is 0 Å². The van der Waals surface area contributed by atoms with E-state index in [1.807, 2.05) is 0 Å². The lowest BCUT2D eigenvalue weighted by Gasteiger charge is -2.35. The Labute approximate surface area is 114 Å². The van der Waals surface area contributed by atoms with Gasteiger partial charge in [-0.3, -0.25) is 0 Å². The van der Waals surface area contributed by atoms with Gasteiger partial charge in [0.1, 0.15) is 0 Å². The average molecular weight is 252 g/mol. The smallest absolute Gasteiger partial charge is 0.00965 e. The van der Waals surface area contributed by atoms with Gasteiger partial charge in [-0.15, -0.1) is 0 Å². The first-order valence-corrected chi connectivity index (χ1v) is 8.30. The van der Waals surface area contributed by atoms with Crippen molar-refractivity contribution in [3.63, 3.8) is 0 Å². The summed E-state index contributed by atoms with van der Waals surface area (Å²) in [6, 6.07) is 1.72. The number of nitrogens with zero attached hydrogens (tertiary/aromatic N) is 1. The van der Waals surface area contributed by atoms with E-state index >= 15 is 0 Å². The molecule has 1 atom stereocenters. The summed E-state index contributed by atoms with van der Waals surface area (Å²) < 4.78 is 0. The standard InChI is InChI=1S/C16H32N2/c1-3-5-14-10-12-18(13-14)16-8-6-15(7-9-16)17-11-4-2/h14-17H,3-13H2,1-2H3. The molecule has 0 aromatic heterocycles. The van der Waals surface area contributed by atoms with Gasteiger partial charge in [-0.05, 0) is 64.0 Å². The number of likely N-dealkylation sites (tertiary alicyclic amines) is 1. The van der Waals surface area contributed by atoms with Crippen LogP contribution in [0, 0.1) is 5.92 Å². The first-order chi connectivity index (χ1) is 8.83. The summed E-state index contributed by atoms with van der Waals surface area (Å²) in [5, 5.41) is 3.69. The molecule has 0 aromatic rings. The highest BCUT2D eigenvalue weighted by atomic mass is 15.2. The van der Waals surface area contributed by atoms with Gasteiger partial charge in [-0.25, -0.2) is 0 Å². The summed E-state index contributed by atoms with van der Waals surface area (Å²) in [4.78, 5) is 2.80. The minimum absolute atomic E-state index is 0.815. The molecule has 0 radical (unpaired) electrons. The van der Waals surface area contributed by atoms with Crippen LogP contribution in [-0.4, -0.2) is 36.6 Å². The van der Waals surface area contributed by atoms with Gasteiger partial charge in [-0.1, -0.05) is 20.3 Å². The maximum atomic E-state index is 3.69. The number of hydrogen-bond acceptors (Lipinski definition) is 2. The molecule has 1 saturated heterocycles. The van der Waals surface area contributed by atoms with Gasteiger partial charge in [0.05, 0.1) is 0 Å². The Morgan fingerprint density at radius 2 is 1.78 bits per heavy atom. The molecule has 1 aliphatic heterocycles. The van der Waals surface area contributed by atoms with Crippen LogP contribution < -0.4 is 5.32 Å². The van der Waals surface area contributed by atoms with Gasteiger partial charge >= 0.3 is 0 Å². The predicted molar refractivity (Wildman–Crippen MR) is 78.9 cm³/mol. The quantitative estimate of drug-likeness (QED) is 0.779. The van der Waals surface area contributed by atoms with Gasteiger partial charge < -0.3 is 10.2 Å². The SMILES string of the molecule is CCCNC1CCC(N2CCC(CCC)C2)CC1. The molecule has 1 aliphatic carbocycles. The monoisotopic (exact) mass is 252 g/mol. The Kier molecular flexibility index (Phi) is 5.97. The van der Waals surface area contributed by atoms with Gasteiger partial charge in [-0.2, -0.15) is 0 Å². The second-order valence-corrected chi connectivity index (χ2v) is 6.40. The average Bonchev–Trinajstić information content (AvgIpc) is 2.86. The number of hydrogen-bond donors (Lipinski definition) is 1. The first kappa shape index (κ1) is 14.3. The van der Waals surface area contributed by atoms with Crippen LogP contribution in [0.25, 0.3) is 0 Å². The van der Waals surface area contributed by atoms with Crippen LogP contribution in [0.4, 0.5) is 0 Å². The third-order valence-corrected chi connectivity index (χ3v) is 4.91. The van der Waals surface area contributed by atoms with Crippen LogP contribution in [0.3, 0.4) is 0 Å². The molecule has 0 aromatic carbocycles.